The van der Waals surface area contributed by atoms with Crippen LogP contribution in [0.5, 0.6) is 0 Å². The lowest BCUT2D eigenvalue weighted by molar-refractivity contribution is -0.150. The summed E-state index contributed by atoms with van der Waals surface area (Å²) in [5.41, 5.74) is 5.58. The van der Waals surface area contributed by atoms with Gasteiger partial charge in [0.2, 0.25) is 11.8 Å². The highest BCUT2D eigenvalue weighted by Gasteiger charge is 2.31. The fourth-order valence-electron chi connectivity index (χ4n) is 1.48. The first-order valence-electron chi connectivity index (χ1n) is 5.23. The van der Waals surface area contributed by atoms with E-state index in [4.69, 9.17) is 10.5 Å². The molecule has 0 aromatic heterocycles. The lowest BCUT2D eigenvalue weighted by Gasteiger charge is -2.28. The van der Waals surface area contributed by atoms with Crippen molar-refractivity contribution in [1.82, 2.24) is 4.90 Å². The van der Waals surface area contributed by atoms with E-state index in [1.165, 1.54) is 4.90 Å². The fraction of sp³-hybridized carbons (Fsp3) is 0.800. The first-order chi connectivity index (χ1) is 7.02. The van der Waals surface area contributed by atoms with Crippen LogP contribution >= 0.6 is 0 Å². The van der Waals surface area contributed by atoms with E-state index in [1.54, 1.807) is 0 Å². The Balaban J connectivity index is 2.43. The highest BCUT2D eigenvalue weighted by atomic mass is 16.5. The van der Waals surface area contributed by atoms with Gasteiger partial charge in [-0.2, -0.15) is 0 Å². The maximum atomic E-state index is 11.5. The van der Waals surface area contributed by atoms with Crippen molar-refractivity contribution in [1.29, 1.82) is 0 Å². The third-order valence-electron chi connectivity index (χ3n) is 2.32. The van der Waals surface area contributed by atoms with Crippen LogP contribution in [0.2, 0.25) is 0 Å². The Morgan fingerprint density at radius 2 is 2.20 bits per heavy atom. The predicted molar refractivity (Wildman–Crippen MR) is 55.0 cm³/mol. The largest absolute Gasteiger partial charge is 0.377 e. The van der Waals surface area contributed by atoms with Gasteiger partial charge in [-0.05, 0) is 20.3 Å². The van der Waals surface area contributed by atoms with Gasteiger partial charge in [-0.3, -0.25) is 14.5 Å². The van der Waals surface area contributed by atoms with Crippen LogP contribution in [-0.4, -0.2) is 42.0 Å². The minimum Gasteiger partial charge on any atom is -0.377 e. The zero-order chi connectivity index (χ0) is 11.4. The Morgan fingerprint density at radius 3 is 2.80 bits per heavy atom. The van der Waals surface area contributed by atoms with Gasteiger partial charge in [0.1, 0.15) is 0 Å². The number of amides is 2. The van der Waals surface area contributed by atoms with Crippen LogP contribution in [0.3, 0.4) is 0 Å². The highest BCUT2D eigenvalue weighted by molar-refractivity contribution is 6.00. The minimum atomic E-state index is -0.526. The van der Waals surface area contributed by atoms with E-state index >= 15 is 0 Å². The van der Waals surface area contributed by atoms with Crippen molar-refractivity contribution in [3.05, 3.63) is 0 Å². The Labute approximate surface area is 89.6 Å². The zero-order valence-electron chi connectivity index (χ0n) is 9.23. The molecule has 1 atom stereocenters. The molecule has 0 aliphatic carbocycles. The number of ether oxygens (including phenoxy) is 1. The van der Waals surface area contributed by atoms with Gasteiger partial charge in [-0.15, -0.1) is 0 Å². The average Bonchev–Trinajstić information content (AvgIpc) is 2.17. The molecule has 1 aliphatic rings. The first kappa shape index (κ1) is 12.1. The van der Waals surface area contributed by atoms with Crippen LogP contribution in [0.25, 0.3) is 0 Å². The van der Waals surface area contributed by atoms with Crippen molar-refractivity contribution in [2.24, 2.45) is 5.73 Å². The Kier molecular flexibility index (Phi) is 4.23. The summed E-state index contributed by atoms with van der Waals surface area (Å²) in [5, 5.41) is 0. The van der Waals surface area contributed by atoms with Gasteiger partial charge < -0.3 is 10.5 Å². The van der Waals surface area contributed by atoms with Crippen molar-refractivity contribution in [2.75, 3.05) is 13.2 Å². The molecule has 1 rings (SSSR count). The zero-order valence-corrected chi connectivity index (χ0v) is 9.23. The second kappa shape index (κ2) is 5.23. The molecular weight excluding hydrogens is 196 g/mol. The topological polar surface area (TPSA) is 72.6 Å². The molecule has 5 heteroatoms. The van der Waals surface area contributed by atoms with Gasteiger partial charge in [0.15, 0.2) is 0 Å². The molecule has 0 saturated carbocycles. The van der Waals surface area contributed by atoms with E-state index in [1.807, 2.05) is 13.8 Å². The summed E-state index contributed by atoms with van der Waals surface area (Å²) in [5.74, 6) is -0.423. The van der Waals surface area contributed by atoms with Crippen molar-refractivity contribution >= 4 is 11.8 Å². The van der Waals surface area contributed by atoms with Crippen LogP contribution in [0, 0.1) is 0 Å². The molecule has 0 spiro atoms. The number of hydrogen-bond donors (Lipinski definition) is 1. The predicted octanol–water partition coefficient (Wildman–Crippen LogP) is -0.112. The summed E-state index contributed by atoms with van der Waals surface area (Å²) in [7, 11) is 0. The molecule has 1 saturated heterocycles. The number of carbonyl (C=O) groups excluding carboxylic acids is 2. The summed E-state index contributed by atoms with van der Waals surface area (Å²) < 4.78 is 5.29. The quantitative estimate of drug-likeness (QED) is 0.663. The summed E-state index contributed by atoms with van der Waals surface area (Å²) in [4.78, 5) is 24.2. The summed E-state index contributed by atoms with van der Waals surface area (Å²) in [6, 6.07) is -0.526. The van der Waals surface area contributed by atoms with Gasteiger partial charge in [0, 0.05) is 6.42 Å². The second-order valence-corrected chi connectivity index (χ2v) is 3.95. The summed E-state index contributed by atoms with van der Waals surface area (Å²) in [6.45, 7) is 4.50. The van der Waals surface area contributed by atoms with Gasteiger partial charge in [-0.1, -0.05) is 0 Å². The minimum absolute atomic E-state index is 0.105. The normalized spacial score (nSPS) is 22.7. The van der Waals surface area contributed by atoms with E-state index < -0.39 is 6.04 Å². The number of carbonyl (C=O) groups is 2. The lowest BCUT2D eigenvalue weighted by atomic mass is 10.1. The molecule has 0 radical (unpaired) electrons. The van der Waals surface area contributed by atoms with E-state index in [-0.39, 0.29) is 17.9 Å². The molecular formula is C10H18N2O3. The summed E-state index contributed by atoms with van der Waals surface area (Å²) >= 11 is 0. The third-order valence-corrected chi connectivity index (χ3v) is 2.32. The molecule has 5 nitrogen and oxygen atoms in total. The van der Waals surface area contributed by atoms with E-state index in [2.05, 4.69) is 0 Å². The maximum absolute atomic E-state index is 11.5. The lowest BCUT2D eigenvalue weighted by Crippen LogP contribution is -2.52. The standard InChI is InChI=1S/C10H18N2O3/c1-7(2)15-6-5-12-9(13)4-3-8(11)10(12)14/h7-8H,3-6,11H2,1-2H3. The van der Waals surface area contributed by atoms with Crippen molar-refractivity contribution in [3.8, 4) is 0 Å². The number of nitrogens with two attached hydrogens (primary N) is 1. The molecule has 1 fully saturated rings. The highest BCUT2D eigenvalue weighted by Crippen LogP contribution is 2.11. The summed E-state index contributed by atoms with van der Waals surface area (Å²) in [6.07, 6.45) is 0.919. The van der Waals surface area contributed by atoms with Crippen molar-refractivity contribution in [2.45, 2.75) is 38.8 Å². The van der Waals surface area contributed by atoms with Gasteiger partial charge in [0.25, 0.3) is 0 Å². The molecule has 1 aliphatic heterocycles. The Morgan fingerprint density at radius 1 is 1.53 bits per heavy atom. The molecule has 0 aromatic rings. The van der Waals surface area contributed by atoms with Crippen LogP contribution in [0.15, 0.2) is 0 Å². The van der Waals surface area contributed by atoms with E-state index in [0.717, 1.165) is 0 Å². The van der Waals surface area contributed by atoms with E-state index in [9.17, 15) is 9.59 Å². The number of nitrogens with zero attached hydrogens (tertiary/aromatic N) is 1. The second-order valence-electron chi connectivity index (χ2n) is 3.95. The van der Waals surface area contributed by atoms with E-state index in [0.29, 0.717) is 26.0 Å². The molecule has 86 valence electrons. The van der Waals surface area contributed by atoms with Gasteiger partial charge >= 0.3 is 0 Å². The molecule has 2 N–H and O–H groups in total. The van der Waals surface area contributed by atoms with Gasteiger partial charge in [-0.25, -0.2) is 0 Å². The molecule has 1 heterocycles. The van der Waals surface area contributed by atoms with Crippen LogP contribution in [-0.2, 0) is 14.3 Å². The molecule has 0 bridgehead atoms. The molecule has 2 amide bonds. The number of hydrogen-bond acceptors (Lipinski definition) is 4. The molecule has 0 aromatic carbocycles. The van der Waals surface area contributed by atoms with Crippen LogP contribution in [0.4, 0.5) is 0 Å². The Bertz CT molecular complexity index is 253. The smallest absolute Gasteiger partial charge is 0.246 e. The Hall–Kier alpha value is -0.940. The third kappa shape index (κ3) is 3.28. The number of piperidine rings is 1. The number of imide groups is 1. The van der Waals surface area contributed by atoms with Gasteiger partial charge in [0.05, 0.1) is 25.3 Å². The van der Waals surface area contributed by atoms with Crippen molar-refractivity contribution in [3.63, 3.8) is 0 Å². The first-order valence-corrected chi connectivity index (χ1v) is 5.23. The number of rotatable bonds is 4. The monoisotopic (exact) mass is 214 g/mol. The molecule has 15 heavy (non-hydrogen) atoms. The van der Waals surface area contributed by atoms with Crippen LogP contribution < -0.4 is 5.73 Å². The molecule has 1 unspecified atom stereocenters. The SMILES string of the molecule is CC(C)OCCN1C(=O)CCC(N)C1=O. The van der Waals surface area contributed by atoms with Crippen LogP contribution in [0.1, 0.15) is 26.7 Å². The fourth-order valence-corrected chi connectivity index (χ4v) is 1.48. The average molecular weight is 214 g/mol. The number of likely N-dealkylation sites (tertiary alicyclic amines) is 1. The maximum Gasteiger partial charge on any atom is 0.246 e. The van der Waals surface area contributed by atoms with Crippen molar-refractivity contribution < 1.29 is 14.3 Å².